The van der Waals surface area contributed by atoms with Crippen LogP contribution in [-0.4, -0.2) is 21.1 Å². The maximum absolute atomic E-state index is 11.6. The standard InChI is InChI=1S/C15H28O2S/c1-5-8-14(9-6-2)10-15(11-14,13(16)17)18-12(4)7-3/h12H,5-11H2,1-4H3,(H,16,17). The van der Waals surface area contributed by atoms with Crippen molar-refractivity contribution in [2.75, 3.05) is 0 Å². The fraction of sp³-hybridized carbons (Fsp3) is 0.933. The fourth-order valence-electron chi connectivity index (χ4n) is 3.45. The molecule has 0 aliphatic heterocycles. The summed E-state index contributed by atoms with van der Waals surface area (Å²) in [5.41, 5.74) is 0.322. The van der Waals surface area contributed by atoms with Crippen molar-refractivity contribution in [1.82, 2.24) is 0 Å². The number of aliphatic carboxylic acids is 1. The van der Waals surface area contributed by atoms with Crippen LogP contribution in [0.5, 0.6) is 0 Å². The first-order chi connectivity index (χ1) is 8.43. The molecule has 2 nitrogen and oxygen atoms in total. The first kappa shape index (κ1) is 15.9. The first-order valence-corrected chi connectivity index (χ1v) is 8.23. The molecule has 1 fully saturated rings. The second-order valence-corrected chi connectivity index (χ2v) is 7.81. The van der Waals surface area contributed by atoms with Crippen LogP contribution in [-0.2, 0) is 4.79 Å². The van der Waals surface area contributed by atoms with Gasteiger partial charge in [-0.3, -0.25) is 4.79 Å². The second kappa shape index (κ2) is 6.31. The van der Waals surface area contributed by atoms with Crippen LogP contribution in [0.1, 0.15) is 72.6 Å². The van der Waals surface area contributed by atoms with E-state index in [1.165, 1.54) is 25.7 Å². The van der Waals surface area contributed by atoms with E-state index in [4.69, 9.17) is 0 Å². The first-order valence-electron chi connectivity index (χ1n) is 7.35. The predicted molar refractivity (Wildman–Crippen MR) is 79.2 cm³/mol. The highest BCUT2D eigenvalue weighted by Crippen LogP contribution is 2.61. The lowest BCUT2D eigenvalue weighted by Crippen LogP contribution is -2.55. The molecule has 0 saturated heterocycles. The van der Waals surface area contributed by atoms with Gasteiger partial charge < -0.3 is 5.11 Å². The molecular formula is C15H28O2S. The Morgan fingerprint density at radius 2 is 1.72 bits per heavy atom. The number of carboxylic acids is 1. The largest absolute Gasteiger partial charge is 0.480 e. The summed E-state index contributed by atoms with van der Waals surface area (Å²) in [6.07, 6.45) is 7.54. The van der Waals surface area contributed by atoms with E-state index in [0.29, 0.717) is 10.7 Å². The highest BCUT2D eigenvalue weighted by Gasteiger charge is 2.58. The van der Waals surface area contributed by atoms with Crippen molar-refractivity contribution < 1.29 is 9.90 Å². The van der Waals surface area contributed by atoms with E-state index in [1.54, 1.807) is 11.8 Å². The molecule has 0 aromatic carbocycles. The molecule has 1 saturated carbocycles. The van der Waals surface area contributed by atoms with E-state index >= 15 is 0 Å². The summed E-state index contributed by atoms with van der Waals surface area (Å²) in [6.45, 7) is 8.70. The normalized spacial score (nSPS) is 22.2. The number of hydrogen-bond donors (Lipinski definition) is 1. The van der Waals surface area contributed by atoms with Gasteiger partial charge in [0.1, 0.15) is 4.75 Å². The Morgan fingerprint density at radius 3 is 2.06 bits per heavy atom. The van der Waals surface area contributed by atoms with Gasteiger partial charge in [0.2, 0.25) is 0 Å². The third-order valence-electron chi connectivity index (χ3n) is 4.27. The van der Waals surface area contributed by atoms with Crippen molar-refractivity contribution in [2.45, 2.75) is 82.6 Å². The van der Waals surface area contributed by atoms with Crippen LogP contribution in [0.2, 0.25) is 0 Å². The summed E-state index contributed by atoms with van der Waals surface area (Å²) in [5.74, 6) is -0.587. The lowest BCUT2D eigenvalue weighted by atomic mass is 9.57. The maximum atomic E-state index is 11.6. The van der Waals surface area contributed by atoms with Gasteiger partial charge in [-0.15, -0.1) is 11.8 Å². The Bertz CT molecular complexity index is 274. The number of carbonyl (C=O) groups is 1. The van der Waals surface area contributed by atoms with Crippen molar-refractivity contribution in [3.63, 3.8) is 0 Å². The minimum absolute atomic E-state index is 0.322. The molecule has 1 N–H and O–H groups in total. The minimum atomic E-state index is -0.587. The molecule has 1 atom stereocenters. The van der Waals surface area contributed by atoms with Gasteiger partial charge in [-0.2, -0.15) is 0 Å². The third kappa shape index (κ3) is 3.23. The SMILES string of the molecule is CCCC1(CCC)CC(SC(C)CC)(C(=O)O)C1. The van der Waals surface area contributed by atoms with Gasteiger partial charge in [-0.05, 0) is 37.5 Å². The summed E-state index contributed by atoms with van der Waals surface area (Å²) >= 11 is 1.70. The van der Waals surface area contributed by atoms with Crippen molar-refractivity contribution >= 4 is 17.7 Å². The Kier molecular flexibility index (Phi) is 5.57. The summed E-state index contributed by atoms with van der Waals surface area (Å²) in [4.78, 5) is 11.6. The lowest BCUT2D eigenvalue weighted by Gasteiger charge is -2.54. The number of rotatable bonds is 8. The van der Waals surface area contributed by atoms with Crippen molar-refractivity contribution in [3.05, 3.63) is 0 Å². The number of hydrogen-bond acceptors (Lipinski definition) is 2. The van der Waals surface area contributed by atoms with Gasteiger partial charge in [-0.1, -0.05) is 40.5 Å². The minimum Gasteiger partial charge on any atom is -0.480 e. The molecule has 1 unspecified atom stereocenters. The Balaban J connectivity index is 2.72. The van der Waals surface area contributed by atoms with Gasteiger partial charge in [0.25, 0.3) is 0 Å². The topological polar surface area (TPSA) is 37.3 Å². The highest BCUT2D eigenvalue weighted by molar-refractivity contribution is 8.02. The Hall–Kier alpha value is -0.180. The van der Waals surface area contributed by atoms with Crippen molar-refractivity contribution in [3.8, 4) is 0 Å². The highest BCUT2D eigenvalue weighted by atomic mass is 32.2. The van der Waals surface area contributed by atoms with Crippen LogP contribution in [0, 0.1) is 5.41 Å². The van der Waals surface area contributed by atoms with Crippen LogP contribution in [0.15, 0.2) is 0 Å². The van der Waals surface area contributed by atoms with Crippen LogP contribution in [0.4, 0.5) is 0 Å². The molecule has 0 amide bonds. The van der Waals surface area contributed by atoms with Crippen molar-refractivity contribution in [1.29, 1.82) is 0 Å². The molecule has 0 spiro atoms. The zero-order valence-electron chi connectivity index (χ0n) is 12.3. The molecule has 1 aliphatic carbocycles. The summed E-state index contributed by atoms with van der Waals surface area (Å²) in [5, 5.41) is 10.0. The molecule has 106 valence electrons. The molecule has 1 aliphatic rings. The molecule has 0 aromatic heterocycles. The van der Waals surface area contributed by atoms with Gasteiger partial charge in [0.05, 0.1) is 0 Å². The summed E-state index contributed by atoms with van der Waals surface area (Å²) < 4.78 is -0.486. The van der Waals surface area contributed by atoms with Crippen LogP contribution >= 0.6 is 11.8 Å². The summed E-state index contributed by atoms with van der Waals surface area (Å²) in [7, 11) is 0. The molecule has 0 bridgehead atoms. The van der Waals surface area contributed by atoms with E-state index in [2.05, 4.69) is 27.7 Å². The molecule has 1 rings (SSSR count). The third-order valence-corrected chi connectivity index (χ3v) is 5.92. The van der Waals surface area contributed by atoms with Gasteiger partial charge in [0, 0.05) is 5.25 Å². The van der Waals surface area contributed by atoms with Crippen LogP contribution in [0.25, 0.3) is 0 Å². The Labute approximate surface area is 116 Å². The average molecular weight is 272 g/mol. The van der Waals surface area contributed by atoms with Gasteiger partial charge in [-0.25, -0.2) is 0 Å². The predicted octanol–water partition coefficient (Wildman–Crippen LogP) is 4.72. The molecule has 0 radical (unpaired) electrons. The molecule has 3 heteroatoms. The molecule has 0 heterocycles. The van der Waals surface area contributed by atoms with E-state index < -0.39 is 10.7 Å². The van der Waals surface area contributed by atoms with E-state index in [0.717, 1.165) is 19.3 Å². The number of carboxylic acid groups (broad SMARTS) is 1. The molecule has 0 aromatic rings. The summed E-state index contributed by atoms with van der Waals surface area (Å²) in [6, 6.07) is 0. The quantitative estimate of drug-likeness (QED) is 0.694. The maximum Gasteiger partial charge on any atom is 0.319 e. The average Bonchev–Trinajstić information content (AvgIpc) is 2.26. The monoisotopic (exact) mass is 272 g/mol. The fourth-order valence-corrected chi connectivity index (χ4v) is 5.27. The molecular weight excluding hydrogens is 244 g/mol. The van der Waals surface area contributed by atoms with E-state index in [9.17, 15) is 9.90 Å². The molecule has 18 heavy (non-hydrogen) atoms. The zero-order valence-corrected chi connectivity index (χ0v) is 13.1. The Morgan fingerprint density at radius 1 is 1.22 bits per heavy atom. The number of thioether (sulfide) groups is 1. The lowest BCUT2D eigenvalue weighted by molar-refractivity contribution is -0.147. The van der Waals surface area contributed by atoms with E-state index in [-0.39, 0.29) is 0 Å². The smallest absolute Gasteiger partial charge is 0.319 e. The zero-order chi connectivity index (χ0) is 13.8. The van der Waals surface area contributed by atoms with Gasteiger partial charge >= 0.3 is 5.97 Å². The van der Waals surface area contributed by atoms with Crippen LogP contribution < -0.4 is 0 Å². The van der Waals surface area contributed by atoms with E-state index in [1.807, 2.05) is 0 Å². The van der Waals surface area contributed by atoms with Crippen molar-refractivity contribution in [2.24, 2.45) is 5.41 Å². The van der Waals surface area contributed by atoms with Gasteiger partial charge in [0.15, 0.2) is 0 Å². The second-order valence-electron chi connectivity index (χ2n) is 5.99. The van der Waals surface area contributed by atoms with Crippen LogP contribution in [0.3, 0.4) is 0 Å².